The van der Waals surface area contributed by atoms with E-state index in [-0.39, 0.29) is 13.2 Å². The van der Waals surface area contributed by atoms with E-state index in [1.54, 1.807) is 13.0 Å². The first-order chi connectivity index (χ1) is 22.2. The van der Waals surface area contributed by atoms with Gasteiger partial charge in [0.2, 0.25) is 0 Å². The molecule has 0 bridgehead atoms. The van der Waals surface area contributed by atoms with E-state index < -0.39 is 76.8 Å². The van der Waals surface area contributed by atoms with Gasteiger partial charge in [0.1, 0.15) is 36.8 Å². The molecular formula is C36H49NO10. The van der Waals surface area contributed by atoms with Crippen LogP contribution in [0.4, 0.5) is 0 Å². The van der Waals surface area contributed by atoms with Gasteiger partial charge in [0.05, 0.1) is 30.3 Å². The zero-order chi connectivity index (χ0) is 34.3. The molecule has 3 fully saturated rings. The Hall–Kier alpha value is -3.25. The van der Waals surface area contributed by atoms with Crippen LogP contribution in [0, 0.1) is 16.7 Å². The van der Waals surface area contributed by atoms with Crippen LogP contribution in [-0.2, 0) is 39.8 Å². The molecule has 3 aliphatic heterocycles. The Morgan fingerprint density at radius 3 is 2.51 bits per heavy atom. The van der Waals surface area contributed by atoms with Gasteiger partial charge in [-0.2, -0.15) is 0 Å². The van der Waals surface area contributed by atoms with Crippen LogP contribution in [0.25, 0.3) is 0 Å². The van der Waals surface area contributed by atoms with Gasteiger partial charge < -0.3 is 33.9 Å². The molecule has 0 aromatic heterocycles. The number of esters is 3. The third kappa shape index (κ3) is 5.89. The summed E-state index contributed by atoms with van der Waals surface area (Å²) in [6.07, 6.45) is 0.898. The highest BCUT2D eigenvalue weighted by Crippen LogP contribution is 2.61. The Morgan fingerprint density at radius 1 is 1.15 bits per heavy atom. The quantitative estimate of drug-likeness (QED) is 0.218. The third-order valence-corrected chi connectivity index (χ3v) is 11.3. The second-order valence-electron chi connectivity index (χ2n) is 13.8. The van der Waals surface area contributed by atoms with Gasteiger partial charge >= 0.3 is 17.9 Å². The van der Waals surface area contributed by atoms with E-state index >= 15 is 0 Å². The Balaban J connectivity index is 1.61. The largest absolute Gasteiger partial charge is 0.489 e. The molecule has 10 atom stereocenters. The van der Waals surface area contributed by atoms with Crippen LogP contribution in [0.3, 0.4) is 0 Å². The highest BCUT2D eigenvalue weighted by atomic mass is 16.6. The van der Waals surface area contributed by atoms with Crippen LogP contribution < -0.4 is 4.74 Å². The second kappa shape index (κ2) is 13.3. The number of aliphatic hydroxyl groups is 2. The Bertz CT molecular complexity index is 1410. The minimum Gasteiger partial charge on any atom is -0.489 e. The Kier molecular flexibility index (Phi) is 9.95. The first kappa shape index (κ1) is 35.1. The van der Waals surface area contributed by atoms with Crippen molar-refractivity contribution in [3.8, 4) is 5.75 Å². The van der Waals surface area contributed by atoms with Gasteiger partial charge in [0.25, 0.3) is 0 Å². The van der Waals surface area contributed by atoms with E-state index in [2.05, 4.69) is 11.5 Å². The summed E-state index contributed by atoms with van der Waals surface area (Å²) in [5, 5.41) is 25.1. The van der Waals surface area contributed by atoms with Crippen molar-refractivity contribution in [2.24, 2.45) is 16.7 Å². The molecule has 11 heteroatoms. The first-order valence-electron chi connectivity index (χ1n) is 16.5. The highest BCUT2D eigenvalue weighted by molar-refractivity contribution is 5.67. The van der Waals surface area contributed by atoms with Crippen LogP contribution in [0.15, 0.2) is 48.6 Å². The number of piperidine rings is 2. The zero-order valence-corrected chi connectivity index (χ0v) is 28.3. The average molecular weight is 656 g/mol. The molecule has 2 N–H and O–H groups in total. The number of hydrogen-bond acceptors (Lipinski definition) is 11. The predicted molar refractivity (Wildman–Crippen MR) is 171 cm³/mol. The van der Waals surface area contributed by atoms with Gasteiger partial charge in [-0.3, -0.25) is 19.3 Å². The van der Waals surface area contributed by atoms with E-state index in [1.807, 2.05) is 44.2 Å². The smallest absolute Gasteiger partial charge is 0.303 e. The number of carbonyl (C=O) groups excluding carboxylic acids is 3. The molecular weight excluding hydrogens is 606 g/mol. The number of aliphatic hydroxyl groups excluding tert-OH is 1. The summed E-state index contributed by atoms with van der Waals surface area (Å²) in [5.41, 5.74) is -1.83. The lowest BCUT2D eigenvalue weighted by molar-refractivity contribution is -0.268. The standard InChI is InChI=1S/C36H49NO10/c1-8-17-44-27-12-10-9-11-26(27)13-15-36(42)21(2)18-30(46-24(5)39)34(7)28(36)14-16-37-29-19-43-20-35(29,22(3)45-23(4)38)33(41)31(32(34)37)47-25(6)40/h8-12,18,22,28-33,41-42H,1,13-17,19-20H2,2-7H3/t22-,28-,29-,30?,31+,32?,33+,34?,35?,36+/m1/s1. The molecule has 0 radical (unpaired) electrons. The fraction of sp³-hybridized carbons (Fsp3) is 0.639. The van der Waals surface area contributed by atoms with Crippen LogP contribution >= 0.6 is 0 Å². The number of aryl methyl sites for hydroxylation is 1. The summed E-state index contributed by atoms with van der Waals surface area (Å²) in [5.74, 6) is -1.32. The number of fused-ring (bicyclic) bond motifs is 5. The lowest BCUT2D eigenvalue weighted by atomic mass is 9.49. The van der Waals surface area contributed by atoms with Crippen LogP contribution in [0.2, 0.25) is 0 Å². The summed E-state index contributed by atoms with van der Waals surface area (Å²) < 4.78 is 29.6. The summed E-state index contributed by atoms with van der Waals surface area (Å²) >= 11 is 0. The first-order valence-corrected chi connectivity index (χ1v) is 16.5. The van der Waals surface area contributed by atoms with Gasteiger partial charge in [0.15, 0.2) is 0 Å². The number of nitrogens with zero attached hydrogens (tertiary/aromatic N) is 1. The molecule has 4 unspecified atom stereocenters. The topological polar surface area (TPSA) is 141 Å². The fourth-order valence-corrected chi connectivity index (χ4v) is 9.24. The van der Waals surface area contributed by atoms with Gasteiger partial charge in [0, 0.05) is 38.1 Å². The number of hydrogen-bond donors (Lipinski definition) is 2. The molecule has 1 aromatic carbocycles. The van der Waals surface area contributed by atoms with E-state index in [1.165, 1.54) is 20.8 Å². The van der Waals surface area contributed by atoms with E-state index in [9.17, 15) is 24.6 Å². The maximum absolute atomic E-state index is 12.8. The molecule has 1 aromatic rings. The Labute approximate surface area is 276 Å². The maximum Gasteiger partial charge on any atom is 0.303 e. The van der Waals surface area contributed by atoms with E-state index in [0.717, 1.165) is 5.56 Å². The van der Waals surface area contributed by atoms with Crippen molar-refractivity contribution in [3.05, 3.63) is 54.1 Å². The van der Waals surface area contributed by atoms with Gasteiger partial charge in [-0.05, 0) is 62.9 Å². The molecule has 3 heterocycles. The summed E-state index contributed by atoms with van der Waals surface area (Å²) in [6, 6.07) is 6.61. The van der Waals surface area contributed by atoms with Gasteiger partial charge in [-0.25, -0.2) is 0 Å². The van der Waals surface area contributed by atoms with Crippen molar-refractivity contribution in [2.75, 3.05) is 26.4 Å². The van der Waals surface area contributed by atoms with Crippen molar-refractivity contribution < 1.29 is 48.3 Å². The molecule has 47 heavy (non-hydrogen) atoms. The van der Waals surface area contributed by atoms with E-state index in [0.29, 0.717) is 43.7 Å². The monoisotopic (exact) mass is 655 g/mol. The lowest BCUT2D eigenvalue weighted by Gasteiger charge is -2.67. The molecule has 258 valence electrons. The lowest BCUT2D eigenvalue weighted by Crippen LogP contribution is -2.80. The minimum absolute atomic E-state index is 0.0953. The molecule has 3 saturated heterocycles. The maximum atomic E-state index is 12.8. The SMILES string of the molecule is C=CCOc1ccccc1CC[C@]1(O)C(C)=CC(OC(C)=O)C2(C)C3[C@H](OC(C)=O)[C@H](O)C4([C@@H](C)OC(C)=O)COC[C@H]4N3CC[C@H]21. The highest BCUT2D eigenvalue weighted by Gasteiger charge is 2.72. The molecule has 11 nitrogen and oxygen atoms in total. The molecule has 0 amide bonds. The molecule has 4 aliphatic rings. The number of ether oxygens (including phenoxy) is 5. The molecule has 1 aliphatic carbocycles. The van der Waals surface area contributed by atoms with Crippen LogP contribution in [0.5, 0.6) is 5.75 Å². The van der Waals surface area contributed by atoms with Gasteiger partial charge in [-0.1, -0.05) is 37.8 Å². The van der Waals surface area contributed by atoms with Crippen molar-refractivity contribution in [3.63, 3.8) is 0 Å². The molecule has 5 rings (SSSR count). The van der Waals surface area contributed by atoms with E-state index in [4.69, 9.17) is 23.7 Å². The summed E-state index contributed by atoms with van der Waals surface area (Å²) in [6.45, 7) is 14.4. The number of carbonyl (C=O) groups is 3. The second-order valence-corrected chi connectivity index (χ2v) is 13.8. The van der Waals surface area contributed by atoms with Crippen molar-refractivity contribution in [2.45, 2.75) is 103 Å². The van der Waals surface area contributed by atoms with Gasteiger partial charge in [-0.15, -0.1) is 0 Å². The molecule has 0 spiro atoms. The normalized spacial score (nSPS) is 36.9. The van der Waals surface area contributed by atoms with Crippen LogP contribution in [-0.4, -0.2) is 101 Å². The predicted octanol–water partition coefficient (Wildman–Crippen LogP) is 3.15. The Morgan fingerprint density at radius 2 is 1.85 bits per heavy atom. The zero-order valence-electron chi connectivity index (χ0n) is 28.3. The summed E-state index contributed by atoms with van der Waals surface area (Å²) in [7, 11) is 0. The number of benzene rings is 1. The third-order valence-electron chi connectivity index (χ3n) is 11.3. The van der Waals surface area contributed by atoms with Crippen molar-refractivity contribution in [1.82, 2.24) is 4.90 Å². The number of rotatable bonds is 10. The fourth-order valence-electron chi connectivity index (χ4n) is 9.24. The molecule has 0 saturated carbocycles. The van der Waals surface area contributed by atoms with Crippen molar-refractivity contribution >= 4 is 17.9 Å². The summed E-state index contributed by atoms with van der Waals surface area (Å²) in [4.78, 5) is 39.6. The minimum atomic E-state index is -1.33. The van der Waals surface area contributed by atoms with Crippen LogP contribution in [0.1, 0.15) is 59.9 Å². The average Bonchev–Trinajstić information content (AvgIpc) is 3.46. The number of para-hydroxylation sites is 1. The van der Waals surface area contributed by atoms with Crippen molar-refractivity contribution in [1.29, 1.82) is 0 Å².